The van der Waals surface area contributed by atoms with Crippen molar-refractivity contribution in [2.45, 2.75) is 51.9 Å². The number of carbonyl (C=O) groups excluding carboxylic acids is 1. The van der Waals surface area contributed by atoms with Gasteiger partial charge in [-0.05, 0) is 37.7 Å². The third-order valence-corrected chi connectivity index (χ3v) is 7.25. The van der Waals surface area contributed by atoms with Gasteiger partial charge in [0.1, 0.15) is 23.1 Å². The Morgan fingerprint density at radius 1 is 1.18 bits per heavy atom. The predicted octanol–water partition coefficient (Wildman–Crippen LogP) is 3.38. The molecule has 1 aliphatic carbocycles. The number of fused-ring (bicyclic) bond motifs is 3. The van der Waals surface area contributed by atoms with Crippen molar-refractivity contribution in [2.24, 2.45) is 0 Å². The van der Waals surface area contributed by atoms with Crippen LogP contribution in [0.25, 0.3) is 10.2 Å². The summed E-state index contributed by atoms with van der Waals surface area (Å²) in [5.41, 5.74) is 1.48. The Hall–Kier alpha value is -1.73. The van der Waals surface area contributed by atoms with E-state index in [-0.39, 0.29) is 12.5 Å². The number of rotatable bonds is 5. The molecule has 0 N–H and O–H groups in total. The number of hydrogen-bond acceptors (Lipinski definition) is 6. The van der Waals surface area contributed by atoms with Crippen LogP contribution in [0, 0.1) is 0 Å². The highest BCUT2D eigenvalue weighted by molar-refractivity contribution is 7.19. The van der Waals surface area contributed by atoms with Crippen LogP contribution in [0.1, 0.15) is 55.3 Å². The third-order valence-electron chi connectivity index (χ3n) is 6.07. The summed E-state index contributed by atoms with van der Waals surface area (Å²) >= 11 is 1.87. The van der Waals surface area contributed by atoms with Gasteiger partial charge in [-0.1, -0.05) is 13.8 Å². The number of amides is 1. The number of piperazine rings is 1. The van der Waals surface area contributed by atoms with Crippen LogP contribution in [-0.4, -0.2) is 60.7 Å². The second-order valence-corrected chi connectivity index (χ2v) is 8.99. The van der Waals surface area contributed by atoms with E-state index in [1.54, 1.807) is 7.11 Å². The molecule has 1 atom stereocenters. The molecule has 1 saturated heterocycles. The van der Waals surface area contributed by atoms with Crippen molar-refractivity contribution in [3.05, 3.63) is 16.3 Å². The van der Waals surface area contributed by atoms with E-state index in [0.29, 0.717) is 5.92 Å². The van der Waals surface area contributed by atoms with Gasteiger partial charge in [0.25, 0.3) is 0 Å². The summed E-state index contributed by atoms with van der Waals surface area (Å²) in [4.78, 5) is 29.1. The first kappa shape index (κ1) is 19.6. The Labute approximate surface area is 170 Å². The van der Waals surface area contributed by atoms with Gasteiger partial charge < -0.3 is 14.5 Å². The number of ether oxygens (including phenoxy) is 1. The zero-order valence-electron chi connectivity index (χ0n) is 17.2. The standard InChI is InChI=1S/C21H30N4O2S/c1-4-14(2)19-22-20(25-11-9-24(10-12-25)17(26)13-27-3)18-15-7-5-6-8-16(15)28-21(18)23-19/h14H,4-13H2,1-3H3/t14-/m0/s1. The van der Waals surface area contributed by atoms with E-state index < -0.39 is 0 Å². The van der Waals surface area contributed by atoms with E-state index in [2.05, 4.69) is 18.7 Å². The Bertz CT molecular complexity index is 858. The first-order valence-corrected chi connectivity index (χ1v) is 11.3. The van der Waals surface area contributed by atoms with Crippen molar-refractivity contribution < 1.29 is 9.53 Å². The van der Waals surface area contributed by atoms with Gasteiger partial charge in [-0.25, -0.2) is 9.97 Å². The van der Waals surface area contributed by atoms with E-state index in [0.717, 1.165) is 55.5 Å². The minimum atomic E-state index is 0.0724. The highest BCUT2D eigenvalue weighted by Gasteiger charge is 2.27. The largest absolute Gasteiger partial charge is 0.375 e. The zero-order valence-corrected chi connectivity index (χ0v) is 18.0. The highest BCUT2D eigenvalue weighted by atomic mass is 32.1. The number of methoxy groups -OCH3 is 1. The van der Waals surface area contributed by atoms with E-state index in [9.17, 15) is 4.79 Å². The molecule has 2 aromatic heterocycles. The van der Waals surface area contributed by atoms with Crippen molar-refractivity contribution in [3.63, 3.8) is 0 Å². The lowest BCUT2D eigenvalue weighted by molar-refractivity contribution is -0.135. The van der Waals surface area contributed by atoms with E-state index in [4.69, 9.17) is 14.7 Å². The van der Waals surface area contributed by atoms with Gasteiger partial charge >= 0.3 is 0 Å². The molecule has 6 nitrogen and oxygen atoms in total. The molecular weight excluding hydrogens is 372 g/mol. The Balaban J connectivity index is 1.69. The van der Waals surface area contributed by atoms with Gasteiger partial charge in [0, 0.05) is 44.1 Å². The molecule has 0 radical (unpaired) electrons. The third kappa shape index (κ3) is 3.62. The summed E-state index contributed by atoms with van der Waals surface area (Å²) in [6.07, 6.45) is 5.88. The Morgan fingerprint density at radius 3 is 2.64 bits per heavy atom. The normalized spacial score (nSPS) is 18.4. The van der Waals surface area contributed by atoms with Gasteiger partial charge in [0.15, 0.2) is 0 Å². The second-order valence-electron chi connectivity index (χ2n) is 7.91. The minimum absolute atomic E-state index is 0.0724. The van der Waals surface area contributed by atoms with Crippen molar-refractivity contribution >= 4 is 33.3 Å². The van der Waals surface area contributed by atoms with Crippen LogP contribution in [-0.2, 0) is 22.4 Å². The molecule has 1 amide bonds. The lowest BCUT2D eigenvalue weighted by atomic mass is 9.96. The maximum Gasteiger partial charge on any atom is 0.248 e. The van der Waals surface area contributed by atoms with Gasteiger partial charge in [-0.15, -0.1) is 11.3 Å². The van der Waals surface area contributed by atoms with Crippen LogP contribution in [0.4, 0.5) is 5.82 Å². The molecule has 0 bridgehead atoms. The molecule has 3 heterocycles. The van der Waals surface area contributed by atoms with Gasteiger partial charge in [-0.3, -0.25) is 4.79 Å². The Morgan fingerprint density at radius 2 is 1.93 bits per heavy atom. The van der Waals surface area contributed by atoms with Crippen LogP contribution in [0.2, 0.25) is 0 Å². The fraction of sp³-hybridized carbons (Fsp3) is 0.667. The lowest BCUT2D eigenvalue weighted by Crippen LogP contribution is -2.50. The van der Waals surface area contributed by atoms with E-state index in [1.807, 2.05) is 16.2 Å². The predicted molar refractivity (Wildman–Crippen MR) is 113 cm³/mol. The van der Waals surface area contributed by atoms with Crippen molar-refractivity contribution in [1.82, 2.24) is 14.9 Å². The molecule has 2 aliphatic rings. The smallest absolute Gasteiger partial charge is 0.248 e. The summed E-state index contributed by atoms with van der Waals surface area (Å²) in [6, 6.07) is 0. The fourth-order valence-corrected chi connectivity index (χ4v) is 5.43. The van der Waals surface area contributed by atoms with Crippen molar-refractivity contribution in [3.8, 4) is 0 Å². The van der Waals surface area contributed by atoms with Crippen LogP contribution in [0.5, 0.6) is 0 Å². The molecule has 0 spiro atoms. The molecular formula is C21H30N4O2S. The SMILES string of the molecule is CC[C@H](C)c1nc(N2CCN(C(=O)COC)CC2)c2c3c(sc2n1)CCCC3. The highest BCUT2D eigenvalue weighted by Crippen LogP contribution is 2.40. The van der Waals surface area contributed by atoms with Crippen molar-refractivity contribution in [2.75, 3.05) is 44.8 Å². The average Bonchev–Trinajstić information content (AvgIpc) is 3.11. The summed E-state index contributed by atoms with van der Waals surface area (Å²) in [7, 11) is 1.57. The molecule has 1 aliphatic heterocycles. The fourth-order valence-electron chi connectivity index (χ4n) is 4.17. The molecule has 0 aromatic carbocycles. The molecule has 1 fully saturated rings. The quantitative estimate of drug-likeness (QED) is 0.767. The van der Waals surface area contributed by atoms with Crippen LogP contribution < -0.4 is 4.90 Å². The van der Waals surface area contributed by atoms with E-state index >= 15 is 0 Å². The summed E-state index contributed by atoms with van der Waals surface area (Å²) in [5, 5.41) is 1.28. The van der Waals surface area contributed by atoms with Crippen LogP contribution in [0.3, 0.4) is 0 Å². The van der Waals surface area contributed by atoms with Gasteiger partial charge in [-0.2, -0.15) is 0 Å². The molecule has 0 unspecified atom stereocenters. The average molecular weight is 403 g/mol. The number of anilines is 1. The summed E-state index contributed by atoms with van der Waals surface area (Å²) in [6.45, 7) is 7.63. The molecule has 7 heteroatoms. The van der Waals surface area contributed by atoms with Crippen molar-refractivity contribution in [1.29, 1.82) is 0 Å². The monoisotopic (exact) mass is 402 g/mol. The number of nitrogens with zero attached hydrogens (tertiary/aromatic N) is 4. The maximum absolute atomic E-state index is 12.1. The van der Waals surface area contributed by atoms with Crippen LogP contribution >= 0.6 is 11.3 Å². The maximum atomic E-state index is 12.1. The lowest BCUT2D eigenvalue weighted by Gasteiger charge is -2.36. The van der Waals surface area contributed by atoms with Gasteiger partial charge in [0.05, 0.1) is 5.39 Å². The Kier molecular flexibility index (Phi) is 5.83. The number of carbonyl (C=O) groups is 1. The summed E-state index contributed by atoms with van der Waals surface area (Å²) < 4.78 is 5.01. The van der Waals surface area contributed by atoms with Gasteiger partial charge in [0.2, 0.25) is 5.91 Å². The number of thiophene rings is 1. The molecule has 2 aromatic rings. The summed E-state index contributed by atoms with van der Waals surface area (Å²) in [5.74, 6) is 2.48. The minimum Gasteiger partial charge on any atom is -0.375 e. The topological polar surface area (TPSA) is 58.6 Å². The zero-order chi connectivity index (χ0) is 19.7. The molecule has 0 saturated carbocycles. The molecule has 4 rings (SSSR count). The second kappa shape index (κ2) is 8.33. The van der Waals surface area contributed by atoms with Crippen LogP contribution in [0.15, 0.2) is 0 Å². The first-order chi connectivity index (χ1) is 13.6. The number of aryl methyl sites for hydroxylation is 2. The number of aromatic nitrogens is 2. The van der Waals surface area contributed by atoms with E-state index in [1.165, 1.54) is 35.1 Å². The number of hydrogen-bond donors (Lipinski definition) is 0. The molecule has 152 valence electrons. The molecule has 28 heavy (non-hydrogen) atoms. The first-order valence-electron chi connectivity index (χ1n) is 10.5.